The van der Waals surface area contributed by atoms with Gasteiger partial charge in [-0.15, -0.1) is 0 Å². The summed E-state index contributed by atoms with van der Waals surface area (Å²) in [5, 5.41) is 3.14. The van der Waals surface area contributed by atoms with Crippen LogP contribution >= 0.6 is 0 Å². The molecule has 0 radical (unpaired) electrons. The third-order valence-electron chi connectivity index (χ3n) is 1.11. The normalized spacial score (nSPS) is 11.6. The van der Waals surface area contributed by atoms with Crippen LogP contribution in [-0.4, -0.2) is 6.54 Å². The summed E-state index contributed by atoms with van der Waals surface area (Å²) in [4.78, 5) is 0. The second-order valence-electron chi connectivity index (χ2n) is 1.90. The fourth-order valence-corrected chi connectivity index (χ4v) is 0.378. The molecule has 1 heteroatoms. The minimum atomic E-state index is 1.03. The molecule has 0 rings (SSSR count). The Labute approximate surface area is 51.8 Å². The van der Waals surface area contributed by atoms with E-state index in [1.807, 2.05) is 0 Å². The predicted octanol–water partition coefficient (Wildman–Crippen LogP) is 1.91. The predicted molar refractivity (Wildman–Crippen MR) is 37.7 cm³/mol. The molecule has 0 spiro atoms. The highest BCUT2D eigenvalue weighted by molar-refractivity contribution is 4.94. The van der Waals surface area contributed by atoms with E-state index in [1.165, 1.54) is 5.57 Å². The number of hydrogen-bond acceptors (Lipinski definition) is 1. The highest BCUT2D eigenvalue weighted by atomic mass is 14.8. The van der Waals surface area contributed by atoms with Crippen molar-refractivity contribution >= 4 is 0 Å². The van der Waals surface area contributed by atoms with Crippen LogP contribution in [0.15, 0.2) is 11.8 Å². The van der Waals surface area contributed by atoms with Gasteiger partial charge in [0.05, 0.1) is 0 Å². The molecule has 48 valence electrons. The Morgan fingerprint density at radius 2 is 2.12 bits per heavy atom. The molecule has 0 aliphatic carbocycles. The first kappa shape index (κ1) is 7.54. The van der Waals surface area contributed by atoms with Crippen LogP contribution in [0.5, 0.6) is 0 Å². The van der Waals surface area contributed by atoms with Gasteiger partial charge in [0.25, 0.3) is 0 Å². The molecule has 0 aromatic carbocycles. The zero-order valence-corrected chi connectivity index (χ0v) is 5.99. The van der Waals surface area contributed by atoms with Gasteiger partial charge in [-0.1, -0.05) is 12.5 Å². The van der Waals surface area contributed by atoms with E-state index in [1.54, 1.807) is 0 Å². The van der Waals surface area contributed by atoms with Crippen LogP contribution in [0.2, 0.25) is 0 Å². The number of rotatable bonds is 3. The second kappa shape index (κ2) is 4.69. The number of hydrogen-bond donors (Lipinski definition) is 1. The van der Waals surface area contributed by atoms with Crippen molar-refractivity contribution in [1.82, 2.24) is 5.32 Å². The standard InChI is InChI=1S/C7H15N/c1-4-7(3)6-8-5-2/h6,8H,4-5H2,1-3H3. The van der Waals surface area contributed by atoms with Crippen molar-refractivity contribution in [2.45, 2.75) is 27.2 Å². The van der Waals surface area contributed by atoms with Crippen LogP contribution in [0.3, 0.4) is 0 Å². The number of allylic oxidation sites excluding steroid dienone is 1. The van der Waals surface area contributed by atoms with Crippen molar-refractivity contribution in [2.75, 3.05) is 6.54 Å². The summed E-state index contributed by atoms with van der Waals surface area (Å²) in [7, 11) is 0. The van der Waals surface area contributed by atoms with Gasteiger partial charge in [-0.05, 0) is 26.5 Å². The SMILES string of the molecule is CCNC=C(C)CC. The summed E-state index contributed by atoms with van der Waals surface area (Å²) in [6.07, 6.45) is 3.22. The van der Waals surface area contributed by atoms with E-state index in [4.69, 9.17) is 0 Å². The van der Waals surface area contributed by atoms with Crippen LogP contribution < -0.4 is 5.32 Å². The van der Waals surface area contributed by atoms with E-state index in [2.05, 4.69) is 32.3 Å². The Hall–Kier alpha value is -0.460. The lowest BCUT2D eigenvalue weighted by Crippen LogP contribution is -2.02. The van der Waals surface area contributed by atoms with Gasteiger partial charge in [-0.2, -0.15) is 0 Å². The summed E-state index contributed by atoms with van der Waals surface area (Å²) >= 11 is 0. The third-order valence-corrected chi connectivity index (χ3v) is 1.11. The molecule has 0 aromatic heterocycles. The molecule has 0 atom stereocenters. The number of nitrogens with one attached hydrogen (secondary N) is 1. The minimum Gasteiger partial charge on any atom is -0.391 e. The van der Waals surface area contributed by atoms with Gasteiger partial charge in [0, 0.05) is 6.54 Å². The fraction of sp³-hybridized carbons (Fsp3) is 0.714. The maximum atomic E-state index is 3.14. The molecule has 1 nitrogen and oxygen atoms in total. The first-order valence-electron chi connectivity index (χ1n) is 3.20. The van der Waals surface area contributed by atoms with Crippen LogP contribution in [0.4, 0.5) is 0 Å². The molecule has 8 heavy (non-hydrogen) atoms. The van der Waals surface area contributed by atoms with Crippen molar-refractivity contribution in [1.29, 1.82) is 0 Å². The van der Waals surface area contributed by atoms with Gasteiger partial charge in [-0.3, -0.25) is 0 Å². The zero-order valence-electron chi connectivity index (χ0n) is 5.99. The van der Waals surface area contributed by atoms with E-state index >= 15 is 0 Å². The van der Waals surface area contributed by atoms with Gasteiger partial charge in [0.15, 0.2) is 0 Å². The monoisotopic (exact) mass is 113 g/mol. The molecule has 0 saturated carbocycles. The molecule has 0 fully saturated rings. The maximum absolute atomic E-state index is 3.14. The smallest absolute Gasteiger partial charge is 0.0113 e. The average molecular weight is 113 g/mol. The van der Waals surface area contributed by atoms with E-state index in [-0.39, 0.29) is 0 Å². The molecule has 0 unspecified atom stereocenters. The van der Waals surface area contributed by atoms with Crippen molar-refractivity contribution in [3.05, 3.63) is 11.8 Å². The first-order chi connectivity index (χ1) is 3.81. The third kappa shape index (κ3) is 3.72. The van der Waals surface area contributed by atoms with Crippen molar-refractivity contribution < 1.29 is 0 Å². The van der Waals surface area contributed by atoms with Crippen LogP contribution in [0.25, 0.3) is 0 Å². The maximum Gasteiger partial charge on any atom is 0.0113 e. The molecular weight excluding hydrogens is 98.1 g/mol. The fourth-order valence-electron chi connectivity index (χ4n) is 0.378. The van der Waals surface area contributed by atoms with Crippen LogP contribution in [0.1, 0.15) is 27.2 Å². The molecule has 0 amide bonds. The molecular formula is C7H15N. The van der Waals surface area contributed by atoms with Crippen molar-refractivity contribution in [3.63, 3.8) is 0 Å². The van der Waals surface area contributed by atoms with Gasteiger partial charge < -0.3 is 5.32 Å². The quantitative estimate of drug-likeness (QED) is 0.589. The lowest BCUT2D eigenvalue weighted by Gasteiger charge is -1.95. The summed E-state index contributed by atoms with van der Waals surface area (Å²) < 4.78 is 0. The minimum absolute atomic E-state index is 1.03. The average Bonchev–Trinajstić information content (AvgIpc) is 1.83. The largest absolute Gasteiger partial charge is 0.391 e. The second-order valence-corrected chi connectivity index (χ2v) is 1.90. The van der Waals surface area contributed by atoms with Gasteiger partial charge in [0.1, 0.15) is 0 Å². The highest BCUT2D eigenvalue weighted by Crippen LogP contribution is 1.93. The lowest BCUT2D eigenvalue weighted by molar-refractivity contribution is 0.894. The zero-order chi connectivity index (χ0) is 6.41. The lowest BCUT2D eigenvalue weighted by atomic mass is 10.3. The molecule has 1 N–H and O–H groups in total. The molecule has 0 aliphatic heterocycles. The molecule has 0 aromatic rings. The Kier molecular flexibility index (Phi) is 4.42. The van der Waals surface area contributed by atoms with E-state index in [0.717, 1.165) is 13.0 Å². The molecule has 0 saturated heterocycles. The summed E-state index contributed by atoms with van der Waals surface area (Å²) in [6, 6.07) is 0. The van der Waals surface area contributed by atoms with Gasteiger partial charge >= 0.3 is 0 Å². The van der Waals surface area contributed by atoms with Gasteiger partial charge in [-0.25, -0.2) is 0 Å². The van der Waals surface area contributed by atoms with Crippen LogP contribution in [0, 0.1) is 0 Å². The van der Waals surface area contributed by atoms with E-state index < -0.39 is 0 Å². The molecule has 0 bridgehead atoms. The Bertz CT molecular complexity index is 74.5. The Morgan fingerprint density at radius 3 is 2.50 bits per heavy atom. The van der Waals surface area contributed by atoms with Gasteiger partial charge in [0.2, 0.25) is 0 Å². The Morgan fingerprint density at radius 1 is 1.50 bits per heavy atom. The Balaban J connectivity index is 3.26. The van der Waals surface area contributed by atoms with E-state index in [9.17, 15) is 0 Å². The van der Waals surface area contributed by atoms with Crippen molar-refractivity contribution in [2.24, 2.45) is 0 Å². The topological polar surface area (TPSA) is 12.0 Å². The summed E-state index contributed by atoms with van der Waals surface area (Å²) in [6.45, 7) is 7.41. The van der Waals surface area contributed by atoms with Crippen molar-refractivity contribution in [3.8, 4) is 0 Å². The molecule has 0 aliphatic rings. The summed E-state index contributed by atoms with van der Waals surface area (Å²) in [5.74, 6) is 0. The highest BCUT2D eigenvalue weighted by Gasteiger charge is 1.78. The summed E-state index contributed by atoms with van der Waals surface area (Å²) in [5.41, 5.74) is 1.41. The van der Waals surface area contributed by atoms with E-state index in [0.29, 0.717) is 0 Å². The first-order valence-corrected chi connectivity index (χ1v) is 3.20. The molecule has 0 heterocycles. The van der Waals surface area contributed by atoms with Crippen LogP contribution in [-0.2, 0) is 0 Å².